The molecular formula is C12H20N2. The molecule has 0 aliphatic heterocycles. The van der Waals surface area contributed by atoms with Gasteiger partial charge in [0.25, 0.3) is 0 Å². The summed E-state index contributed by atoms with van der Waals surface area (Å²) >= 11 is 0. The van der Waals surface area contributed by atoms with Gasteiger partial charge in [0, 0.05) is 23.9 Å². The Morgan fingerprint density at radius 3 is 2.71 bits per heavy atom. The molecule has 1 aliphatic rings. The second-order valence-electron chi connectivity index (χ2n) is 4.98. The van der Waals surface area contributed by atoms with Gasteiger partial charge in [0.15, 0.2) is 0 Å². The normalized spacial score (nSPS) is 18.9. The van der Waals surface area contributed by atoms with E-state index in [1.54, 1.807) is 0 Å². The fourth-order valence-electron chi connectivity index (χ4n) is 2.17. The van der Waals surface area contributed by atoms with E-state index in [1.165, 1.54) is 25.0 Å². The fraction of sp³-hybridized carbons (Fsp3) is 0.750. The zero-order chi connectivity index (χ0) is 10.1. The van der Waals surface area contributed by atoms with Crippen molar-refractivity contribution in [2.45, 2.75) is 52.0 Å². The van der Waals surface area contributed by atoms with E-state index in [0.717, 1.165) is 11.8 Å². The molecule has 1 aromatic heterocycles. The Labute approximate surface area is 86.3 Å². The first-order valence-electron chi connectivity index (χ1n) is 5.70. The summed E-state index contributed by atoms with van der Waals surface area (Å²) in [4.78, 5) is 4.27. The molecule has 0 saturated heterocycles. The Morgan fingerprint density at radius 2 is 2.14 bits per heavy atom. The molecule has 0 N–H and O–H groups in total. The quantitative estimate of drug-likeness (QED) is 0.715. The molecule has 0 radical (unpaired) electrons. The van der Waals surface area contributed by atoms with Crippen LogP contribution in [0.4, 0.5) is 0 Å². The summed E-state index contributed by atoms with van der Waals surface area (Å²) in [7, 11) is 0. The Balaban J connectivity index is 2.09. The van der Waals surface area contributed by atoms with Gasteiger partial charge >= 0.3 is 0 Å². The first kappa shape index (κ1) is 9.75. The molecule has 1 unspecified atom stereocenters. The van der Waals surface area contributed by atoms with Crippen molar-refractivity contribution >= 4 is 0 Å². The number of hydrogen-bond acceptors (Lipinski definition) is 1. The lowest BCUT2D eigenvalue weighted by atomic mass is 10.0. The molecule has 2 heteroatoms. The molecule has 1 heterocycles. The Hall–Kier alpha value is -0.790. The highest BCUT2D eigenvalue weighted by molar-refractivity contribution is 5.13. The van der Waals surface area contributed by atoms with E-state index >= 15 is 0 Å². The number of nitrogens with zero attached hydrogens (tertiary/aromatic N) is 2. The Kier molecular flexibility index (Phi) is 2.62. The van der Waals surface area contributed by atoms with Crippen LogP contribution in [0.5, 0.6) is 0 Å². The summed E-state index contributed by atoms with van der Waals surface area (Å²) in [6.45, 7) is 6.86. The average Bonchev–Trinajstić information content (AvgIpc) is 2.82. The SMILES string of the molecule is CC(C)CC(C)n1cncc1C1CC1. The predicted molar refractivity (Wildman–Crippen MR) is 58.4 cm³/mol. The molecule has 0 aromatic carbocycles. The zero-order valence-corrected chi connectivity index (χ0v) is 9.40. The second-order valence-corrected chi connectivity index (χ2v) is 4.98. The van der Waals surface area contributed by atoms with E-state index in [1.807, 2.05) is 6.33 Å². The number of aromatic nitrogens is 2. The van der Waals surface area contributed by atoms with E-state index in [-0.39, 0.29) is 0 Å². The highest BCUT2D eigenvalue weighted by Crippen LogP contribution is 2.41. The molecule has 1 atom stereocenters. The van der Waals surface area contributed by atoms with Crippen LogP contribution in [-0.4, -0.2) is 9.55 Å². The van der Waals surface area contributed by atoms with Crippen LogP contribution >= 0.6 is 0 Å². The maximum atomic E-state index is 4.27. The molecule has 1 saturated carbocycles. The minimum Gasteiger partial charge on any atom is -0.332 e. The fourth-order valence-corrected chi connectivity index (χ4v) is 2.17. The van der Waals surface area contributed by atoms with Crippen LogP contribution in [0.25, 0.3) is 0 Å². The maximum absolute atomic E-state index is 4.27. The predicted octanol–water partition coefficient (Wildman–Crippen LogP) is 3.37. The van der Waals surface area contributed by atoms with E-state index in [2.05, 4.69) is 36.5 Å². The summed E-state index contributed by atoms with van der Waals surface area (Å²) in [5.74, 6) is 1.58. The van der Waals surface area contributed by atoms with Crippen LogP contribution in [0.1, 0.15) is 57.7 Å². The summed E-state index contributed by atoms with van der Waals surface area (Å²) < 4.78 is 2.37. The monoisotopic (exact) mass is 192 g/mol. The summed E-state index contributed by atoms with van der Waals surface area (Å²) in [5.41, 5.74) is 1.46. The first-order valence-corrected chi connectivity index (χ1v) is 5.70. The molecular weight excluding hydrogens is 172 g/mol. The molecule has 2 rings (SSSR count). The molecule has 0 amide bonds. The molecule has 0 bridgehead atoms. The van der Waals surface area contributed by atoms with Crippen LogP contribution in [0.3, 0.4) is 0 Å². The topological polar surface area (TPSA) is 17.8 Å². The van der Waals surface area contributed by atoms with Crippen molar-refractivity contribution < 1.29 is 0 Å². The van der Waals surface area contributed by atoms with Gasteiger partial charge in [0.2, 0.25) is 0 Å². The van der Waals surface area contributed by atoms with Crippen molar-refractivity contribution in [3.8, 4) is 0 Å². The summed E-state index contributed by atoms with van der Waals surface area (Å²) in [6, 6.07) is 0.605. The van der Waals surface area contributed by atoms with Crippen LogP contribution < -0.4 is 0 Å². The minimum atomic E-state index is 0.605. The van der Waals surface area contributed by atoms with Gasteiger partial charge in [0.1, 0.15) is 0 Å². The molecule has 1 fully saturated rings. The van der Waals surface area contributed by atoms with Gasteiger partial charge in [-0.25, -0.2) is 4.98 Å². The average molecular weight is 192 g/mol. The highest BCUT2D eigenvalue weighted by Gasteiger charge is 2.27. The van der Waals surface area contributed by atoms with E-state index < -0.39 is 0 Å². The third-order valence-electron chi connectivity index (χ3n) is 2.98. The van der Waals surface area contributed by atoms with Gasteiger partial charge < -0.3 is 4.57 Å². The van der Waals surface area contributed by atoms with Crippen molar-refractivity contribution in [1.29, 1.82) is 0 Å². The van der Waals surface area contributed by atoms with Gasteiger partial charge in [0.05, 0.1) is 6.33 Å². The van der Waals surface area contributed by atoms with Crippen LogP contribution in [0.15, 0.2) is 12.5 Å². The lowest BCUT2D eigenvalue weighted by molar-refractivity contribution is 0.419. The van der Waals surface area contributed by atoms with Gasteiger partial charge in [-0.2, -0.15) is 0 Å². The second kappa shape index (κ2) is 3.76. The standard InChI is InChI=1S/C12H20N2/c1-9(2)6-10(3)14-8-13-7-12(14)11-4-5-11/h7-11H,4-6H2,1-3H3. The van der Waals surface area contributed by atoms with Gasteiger partial charge in [-0.3, -0.25) is 0 Å². The smallest absolute Gasteiger partial charge is 0.0950 e. The first-order chi connectivity index (χ1) is 6.68. The lowest BCUT2D eigenvalue weighted by Gasteiger charge is -2.18. The Morgan fingerprint density at radius 1 is 1.43 bits per heavy atom. The number of hydrogen-bond donors (Lipinski definition) is 0. The molecule has 78 valence electrons. The highest BCUT2D eigenvalue weighted by atomic mass is 15.1. The molecule has 1 aromatic rings. The van der Waals surface area contributed by atoms with Crippen LogP contribution in [-0.2, 0) is 0 Å². The van der Waals surface area contributed by atoms with Crippen molar-refractivity contribution in [2.75, 3.05) is 0 Å². The van der Waals surface area contributed by atoms with Crippen LogP contribution in [0, 0.1) is 5.92 Å². The molecule has 2 nitrogen and oxygen atoms in total. The number of imidazole rings is 1. The molecule has 0 spiro atoms. The summed E-state index contributed by atoms with van der Waals surface area (Å²) in [5, 5.41) is 0. The van der Waals surface area contributed by atoms with Crippen molar-refractivity contribution in [3.63, 3.8) is 0 Å². The molecule has 1 aliphatic carbocycles. The zero-order valence-electron chi connectivity index (χ0n) is 9.40. The largest absolute Gasteiger partial charge is 0.332 e. The third kappa shape index (κ3) is 1.99. The van der Waals surface area contributed by atoms with Crippen molar-refractivity contribution in [2.24, 2.45) is 5.92 Å². The van der Waals surface area contributed by atoms with E-state index in [9.17, 15) is 0 Å². The van der Waals surface area contributed by atoms with Gasteiger partial charge in [-0.15, -0.1) is 0 Å². The third-order valence-corrected chi connectivity index (χ3v) is 2.98. The summed E-state index contributed by atoms with van der Waals surface area (Å²) in [6.07, 6.45) is 8.02. The van der Waals surface area contributed by atoms with E-state index in [4.69, 9.17) is 0 Å². The lowest BCUT2D eigenvalue weighted by Crippen LogP contribution is -2.09. The van der Waals surface area contributed by atoms with Crippen molar-refractivity contribution in [3.05, 3.63) is 18.2 Å². The van der Waals surface area contributed by atoms with Crippen molar-refractivity contribution in [1.82, 2.24) is 9.55 Å². The van der Waals surface area contributed by atoms with Gasteiger partial charge in [-0.05, 0) is 32.1 Å². The Bertz CT molecular complexity index is 297. The number of rotatable bonds is 4. The van der Waals surface area contributed by atoms with E-state index in [0.29, 0.717) is 6.04 Å². The minimum absolute atomic E-state index is 0.605. The maximum Gasteiger partial charge on any atom is 0.0950 e. The van der Waals surface area contributed by atoms with Gasteiger partial charge in [-0.1, -0.05) is 13.8 Å². The van der Waals surface area contributed by atoms with Crippen LogP contribution in [0.2, 0.25) is 0 Å². The molecule has 14 heavy (non-hydrogen) atoms.